The average molecular weight is 292 g/mol. The van der Waals surface area contributed by atoms with Gasteiger partial charge in [-0.25, -0.2) is 0 Å². The standard InChI is InChI=1S/C19H18.CH2O2/c1-13-5-4-8-17-15(13)11-12-18-16-7-3-2-6-14(16)9-10-19(17)18;2-1-3/h2-3,6-7,9-13H,4-5,8H2,1H3;1H,(H,2,3). The van der Waals surface area contributed by atoms with Crippen LogP contribution in [0, 0.1) is 0 Å². The fourth-order valence-corrected chi connectivity index (χ4v) is 3.65. The number of carbonyl (C=O) groups is 1. The van der Waals surface area contributed by atoms with Crippen LogP contribution in [-0.4, -0.2) is 11.6 Å². The van der Waals surface area contributed by atoms with E-state index < -0.39 is 0 Å². The molecular weight excluding hydrogens is 272 g/mol. The van der Waals surface area contributed by atoms with Crippen molar-refractivity contribution in [2.75, 3.05) is 0 Å². The second kappa shape index (κ2) is 6.18. The molecule has 1 atom stereocenters. The highest BCUT2D eigenvalue weighted by atomic mass is 16.3. The van der Waals surface area contributed by atoms with Crippen LogP contribution in [-0.2, 0) is 11.2 Å². The molecule has 0 fully saturated rings. The molecule has 4 rings (SSSR count). The summed E-state index contributed by atoms with van der Waals surface area (Å²) in [5.74, 6) is 0.722. The molecule has 22 heavy (non-hydrogen) atoms. The van der Waals surface area contributed by atoms with Gasteiger partial charge in [-0.1, -0.05) is 55.5 Å². The van der Waals surface area contributed by atoms with E-state index in [1.807, 2.05) is 0 Å². The number of hydrogen-bond acceptors (Lipinski definition) is 1. The molecule has 1 N–H and O–H groups in total. The van der Waals surface area contributed by atoms with E-state index in [1.165, 1.54) is 40.8 Å². The Labute approximate surface area is 130 Å². The van der Waals surface area contributed by atoms with E-state index in [1.54, 1.807) is 11.1 Å². The summed E-state index contributed by atoms with van der Waals surface area (Å²) in [5.41, 5.74) is 3.18. The summed E-state index contributed by atoms with van der Waals surface area (Å²) < 4.78 is 0. The predicted octanol–water partition coefficient (Wildman–Crippen LogP) is 5.13. The fourth-order valence-electron chi connectivity index (χ4n) is 3.65. The van der Waals surface area contributed by atoms with Crippen molar-refractivity contribution >= 4 is 28.0 Å². The van der Waals surface area contributed by atoms with E-state index in [0.717, 1.165) is 5.92 Å². The molecule has 0 aliphatic heterocycles. The van der Waals surface area contributed by atoms with Crippen LogP contribution in [0.5, 0.6) is 0 Å². The molecule has 0 bridgehead atoms. The smallest absolute Gasteiger partial charge is 0.290 e. The Morgan fingerprint density at radius 3 is 2.55 bits per heavy atom. The lowest BCUT2D eigenvalue weighted by molar-refractivity contribution is -0.122. The lowest BCUT2D eigenvalue weighted by Gasteiger charge is -2.24. The Morgan fingerprint density at radius 1 is 1.00 bits per heavy atom. The van der Waals surface area contributed by atoms with Gasteiger partial charge in [-0.15, -0.1) is 0 Å². The molecule has 0 aromatic heterocycles. The van der Waals surface area contributed by atoms with Crippen molar-refractivity contribution in [3.8, 4) is 0 Å². The van der Waals surface area contributed by atoms with Gasteiger partial charge in [-0.3, -0.25) is 4.79 Å². The van der Waals surface area contributed by atoms with E-state index in [4.69, 9.17) is 9.90 Å². The molecule has 1 unspecified atom stereocenters. The SMILES string of the molecule is CC1CCCc2c1ccc1c2ccc2ccccc21.O=CO. The Bertz CT molecular complexity index is 820. The summed E-state index contributed by atoms with van der Waals surface area (Å²) >= 11 is 0. The Kier molecular flexibility index (Phi) is 4.10. The van der Waals surface area contributed by atoms with Gasteiger partial charge in [-0.2, -0.15) is 0 Å². The molecule has 3 aromatic rings. The number of fused-ring (bicyclic) bond motifs is 5. The maximum absolute atomic E-state index is 8.36. The molecule has 0 saturated carbocycles. The van der Waals surface area contributed by atoms with Crippen LogP contribution in [0.4, 0.5) is 0 Å². The summed E-state index contributed by atoms with van der Waals surface area (Å²) in [5, 5.41) is 12.5. The molecule has 112 valence electrons. The van der Waals surface area contributed by atoms with Crippen LogP contribution in [0.15, 0.2) is 48.5 Å². The Hall–Kier alpha value is -2.35. The predicted molar refractivity (Wildman–Crippen MR) is 91.5 cm³/mol. The summed E-state index contributed by atoms with van der Waals surface area (Å²) in [6.45, 7) is 2.12. The number of carboxylic acid groups (broad SMARTS) is 1. The summed E-state index contributed by atoms with van der Waals surface area (Å²) in [6, 6.07) is 18.0. The average Bonchev–Trinajstić information content (AvgIpc) is 2.55. The Morgan fingerprint density at radius 2 is 1.73 bits per heavy atom. The van der Waals surface area contributed by atoms with Gasteiger partial charge in [0.05, 0.1) is 0 Å². The first-order chi connectivity index (χ1) is 10.8. The highest BCUT2D eigenvalue weighted by molar-refractivity contribution is 6.08. The largest absolute Gasteiger partial charge is 0.483 e. The normalized spacial score (nSPS) is 16.7. The van der Waals surface area contributed by atoms with Crippen molar-refractivity contribution in [3.05, 3.63) is 59.7 Å². The van der Waals surface area contributed by atoms with E-state index in [0.29, 0.717) is 0 Å². The van der Waals surface area contributed by atoms with Crippen LogP contribution in [0.25, 0.3) is 21.5 Å². The molecule has 3 aromatic carbocycles. The highest BCUT2D eigenvalue weighted by Crippen LogP contribution is 2.37. The van der Waals surface area contributed by atoms with Gasteiger partial charge in [0.15, 0.2) is 0 Å². The second-order valence-corrected chi connectivity index (χ2v) is 5.91. The highest BCUT2D eigenvalue weighted by Gasteiger charge is 2.18. The summed E-state index contributed by atoms with van der Waals surface area (Å²) in [4.78, 5) is 8.36. The minimum atomic E-state index is -0.250. The minimum Gasteiger partial charge on any atom is -0.483 e. The molecule has 0 radical (unpaired) electrons. The lowest BCUT2D eigenvalue weighted by atomic mass is 9.81. The summed E-state index contributed by atoms with van der Waals surface area (Å²) in [7, 11) is 0. The van der Waals surface area contributed by atoms with Gasteiger partial charge >= 0.3 is 0 Å². The Balaban J connectivity index is 0.000000446. The fraction of sp³-hybridized carbons (Fsp3) is 0.250. The van der Waals surface area contributed by atoms with E-state index in [9.17, 15) is 0 Å². The monoisotopic (exact) mass is 292 g/mol. The van der Waals surface area contributed by atoms with Gasteiger partial charge < -0.3 is 5.11 Å². The van der Waals surface area contributed by atoms with Crippen LogP contribution in [0.2, 0.25) is 0 Å². The number of aryl methyl sites for hydroxylation is 1. The first kappa shape index (κ1) is 14.6. The van der Waals surface area contributed by atoms with Gasteiger partial charge in [-0.05, 0) is 57.9 Å². The zero-order valence-corrected chi connectivity index (χ0v) is 12.8. The zero-order valence-electron chi connectivity index (χ0n) is 12.8. The third kappa shape index (κ3) is 2.45. The van der Waals surface area contributed by atoms with E-state index in [-0.39, 0.29) is 6.47 Å². The first-order valence-electron chi connectivity index (χ1n) is 7.77. The van der Waals surface area contributed by atoms with Crippen LogP contribution < -0.4 is 0 Å². The second-order valence-electron chi connectivity index (χ2n) is 5.91. The van der Waals surface area contributed by atoms with Crippen molar-refractivity contribution in [2.24, 2.45) is 0 Å². The van der Waals surface area contributed by atoms with Gasteiger partial charge in [0, 0.05) is 0 Å². The molecule has 1 aliphatic rings. The summed E-state index contributed by atoms with van der Waals surface area (Å²) in [6.07, 6.45) is 3.92. The van der Waals surface area contributed by atoms with Crippen LogP contribution in [0.1, 0.15) is 36.8 Å². The third-order valence-corrected chi connectivity index (χ3v) is 4.67. The lowest BCUT2D eigenvalue weighted by Crippen LogP contribution is -2.07. The van der Waals surface area contributed by atoms with Crippen molar-refractivity contribution in [3.63, 3.8) is 0 Å². The van der Waals surface area contributed by atoms with Gasteiger partial charge in [0.2, 0.25) is 0 Å². The maximum atomic E-state index is 8.36. The third-order valence-electron chi connectivity index (χ3n) is 4.67. The van der Waals surface area contributed by atoms with E-state index >= 15 is 0 Å². The van der Waals surface area contributed by atoms with Gasteiger partial charge in [0.1, 0.15) is 0 Å². The van der Waals surface area contributed by atoms with Crippen molar-refractivity contribution in [2.45, 2.75) is 32.1 Å². The topological polar surface area (TPSA) is 37.3 Å². The molecule has 0 amide bonds. The van der Waals surface area contributed by atoms with Crippen molar-refractivity contribution in [1.82, 2.24) is 0 Å². The van der Waals surface area contributed by atoms with Crippen LogP contribution in [0.3, 0.4) is 0 Å². The molecular formula is C20H20O2. The maximum Gasteiger partial charge on any atom is 0.290 e. The van der Waals surface area contributed by atoms with Crippen LogP contribution >= 0.6 is 0 Å². The number of rotatable bonds is 0. The number of hydrogen-bond donors (Lipinski definition) is 1. The molecule has 1 aliphatic carbocycles. The van der Waals surface area contributed by atoms with Crippen molar-refractivity contribution in [1.29, 1.82) is 0 Å². The molecule has 0 saturated heterocycles. The molecule has 2 nitrogen and oxygen atoms in total. The zero-order chi connectivity index (χ0) is 15.5. The minimum absolute atomic E-state index is 0.250. The van der Waals surface area contributed by atoms with E-state index in [2.05, 4.69) is 55.5 Å². The quantitative estimate of drug-likeness (QED) is 0.460. The molecule has 0 spiro atoms. The molecule has 0 heterocycles. The molecule has 2 heteroatoms. The van der Waals surface area contributed by atoms with Gasteiger partial charge in [0.25, 0.3) is 6.47 Å². The van der Waals surface area contributed by atoms with Crippen molar-refractivity contribution < 1.29 is 9.90 Å². The number of benzene rings is 3. The first-order valence-corrected chi connectivity index (χ1v) is 7.77.